The number of sulfone groups is 1. The highest BCUT2D eigenvalue weighted by Crippen LogP contribution is 2.42. The molecule has 0 unspecified atom stereocenters. The monoisotopic (exact) mass is 415 g/mol. The van der Waals surface area contributed by atoms with Crippen LogP contribution in [0.1, 0.15) is 38.5 Å². The lowest BCUT2D eigenvalue weighted by Gasteiger charge is -2.24. The maximum absolute atomic E-state index is 13.1. The molecule has 3 atom stereocenters. The van der Waals surface area contributed by atoms with E-state index in [9.17, 15) is 23.3 Å². The van der Waals surface area contributed by atoms with E-state index in [4.69, 9.17) is 0 Å². The van der Waals surface area contributed by atoms with Crippen molar-refractivity contribution in [3.63, 3.8) is 0 Å². The number of nitrogens with one attached hydrogen (secondary N) is 1. The largest absolute Gasteiger partial charge is 0.342 e. The zero-order valence-corrected chi connectivity index (χ0v) is 17.0. The van der Waals surface area contributed by atoms with Crippen molar-refractivity contribution in [2.24, 2.45) is 11.8 Å². The van der Waals surface area contributed by atoms with Gasteiger partial charge in [0.1, 0.15) is 5.54 Å². The van der Waals surface area contributed by atoms with E-state index in [1.807, 2.05) is 0 Å². The summed E-state index contributed by atoms with van der Waals surface area (Å²) < 4.78 is 26.3. The third-order valence-electron chi connectivity index (χ3n) is 6.43. The van der Waals surface area contributed by atoms with Crippen molar-refractivity contribution in [3.05, 3.63) is 30.3 Å². The van der Waals surface area contributed by atoms with E-state index >= 15 is 0 Å². The molecule has 0 aromatic heterocycles. The van der Waals surface area contributed by atoms with Crippen LogP contribution in [0.5, 0.6) is 0 Å². The number of rotatable bonds is 5. The lowest BCUT2D eigenvalue weighted by atomic mass is 9.93. The quantitative estimate of drug-likeness (QED) is 0.787. The Kier molecular flexibility index (Phi) is 5.11. The third kappa shape index (κ3) is 3.76. The summed E-state index contributed by atoms with van der Waals surface area (Å²) in [6.45, 7) is 1.31. The summed E-state index contributed by atoms with van der Waals surface area (Å²) in [7, 11) is -3.64. The molecule has 8 heteroatoms. The summed E-state index contributed by atoms with van der Waals surface area (Å²) in [5.74, 6) is -1.88. The van der Waals surface area contributed by atoms with Gasteiger partial charge in [-0.3, -0.25) is 9.59 Å². The van der Waals surface area contributed by atoms with E-state index in [1.54, 1.807) is 35.2 Å². The van der Waals surface area contributed by atoms with E-state index < -0.39 is 32.5 Å². The first-order valence-corrected chi connectivity index (χ1v) is 11.7. The van der Waals surface area contributed by atoms with Gasteiger partial charge in [0.2, 0.25) is 11.8 Å². The minimum atomic E-state index is -3.64. The Morgan fingerprint density at radius 1 is 1.07 bits per heavy atom. The SMILES string of the molecule is N#CC1(NC(=O)[C@@H]2C[C@@H](S(=O)(=O)c3ccccc3)C[C@H]2C(=O)N2CCCC2)CC1. The molecule has 29 heavy (non-hydrogen) atoms. The van der Waals surface area contributed by atoms with E-state index in [1.165, 1.54) is 0 Å². The fraction of sp³-hybridized carbons (Fsp3) is 0.571. The van der Waals surface area contributed by atoms with Crippen molar-refractivity contribution in [2.75, 3.05) is 13.1 Å². The lowest BCUT2D eigenvalue weighted by molar-refractivity contribution is -0.140. The van der Waals surface area contributed by atoms with Crippen molar-refractivity contribution < 1.29 is 18.0 Å². The molecule has 1 aliphatic heterocycles. The van der Waals surface area contributed by atoms with Gasteiger partial charge in [-0.15, -0.1) is 0 Å². The molecule has 0 bridgehead atoms. The fourth-order valence-corrected chi connectivity index (χ4v) is 6.34. The Balaban J connectivity index is 1.59. The van der Waals surface area contributed by atoms with Gasteiger partial charge in [-0.2, -0.15) is 5.26 Å². The van der Waals surface area contributed by atoms with Gasteiger partial charge in [0.15, 0.2) is 9.84 Å². The summed E-state index contributed by atoms with van der Waals surface area (Å²) in [6, 6.07) is 10.3. The summed E-state index contributed by atoms with van der Waals surface area (Å²) in [6.07, 6.45) is 3.30. The summed E-state index contributed by atoms with van der Waals surface area (Å²) in [5, 5.41) is 11.3. The van der Waals surface area contributed by atoms with E-state index in [0.717, 1.165) is 12.8 Å². The molecule has 1 aromatic rings. The van der Waals surface area contributed by atoms with Crippen molar-refractivity contribution >= 4 is 21.7 Å². The molecule has 1 heterocycles. The smallest absolute Gasteiger partial charge is 0.226 e. The Bertz CT molecular complexity index is 944. The Morgan fingerprint density at radius 3 is 2.28 bits per heavy atom. The van der Waals surface area contributed by atoms with Crippen LogP contribution in [0.3, 0.4) is 0 Å². The average molecular weight is 416 g/mol. The van der Waals surface area contributed by atoms with Gasteiger partial charge in [-0.05, 0) is 50.7 Å². The van der Waals surface area contributed by atoms with Crippen LogP contribution >= 0.6 is 0 Å². The highest BCUT2D eigenvalue weighted by atomic mass is 32.2. The van der Waals surface area contributed by atoms with E-state index in [-0.39, 0.29) is 29.6 Å². The van der Waals surface area contributed by atoms with Gasteiger partial charge < -0.3 is 10.2 Å². The Hall–Kier alpha value is -2.40. The molecule has 1 saturated heterocycles. The van der Waals surface area contributed by atoms with Crippen molar-refractivity contribution in [2.45, 2.75) is 54.2 Å². The van der Waals surface area contributed by atoms with Gasteiger partial charge in [-0.1, -0.05) is 18.2 Å². The molecule has 2 saturated carbocycles. The maximum atomic E-state index is 13.1. The first kappa shape index (κ1) is 19.9. The molecule has 0 spiro atoms. The molecule has 7 nitrogen and oxygen atoms in total. The van der Waals surface area contributed by atoms with Crippen LogP contribution in [0.4, 0.5) is 0 Å². The molecule has 1 N–H and O–H groups in total. The van der Waals surface area contributed by atoms with Crippen LogP contribution in [0.2, 0.25) is 0 Å². The van der Waals surface area contributed by atoms with Crippen LogP contribution in [-0.2, 0) is 19.4 Å². The molecule has 3 fully saturated rings. The van der Waals surface area contributed by atoms with Gasteiger partial charge >= 0.3 is 0 Å². The van der Waals surface area contributed by atoms with Crippen LogP contribution in [0.25, 0.3) is 0 Å². The molecule has 2 aliphatic carbocycles. The molecule has 2 amide bonds. The Labute approximate surface area is 171 Å². The molecule has 3 aliphatic rings. The van der Waals surface area contributed by atoms with Crippen LogP contribution in [-0.4, -0.2) is 49.0 Å². The number of hydrogen-bond acceptors (Lipinski definition) is 5. The average Bonchev–Trinajstić information content (AvgIpc) is 3.15. The minimum Gasteiger partial charge on any atom is -0.342 e. The third-order valence-corrected chi connectivity index (χ3v) is 8.62. The zero-order valence-electron chi connectivity index (χ0n) is 16.2. The van der Waals surface area contributed by atoms with Crippen LogP contribution in [0, 0.1) is 23.2 Å². The summed E-state index contributed by atoms with van der Waals surface area (Å²) >= 11 is 0. The maximum Gasteiger partial charge on any atom is 0.226 e. The lowest BCUT2D eigenvalue weighted by Crippen LogP contribution is -2.44. The molecule has 154 valence electrons. The summed E-state index contributed by atoms with van der Waals surface area (Å²) in [4.78, 5) is 28.0. The normalized spacial score (nSPS) is 28.0. The number of likely N-dealkylation sites (tertiary alicyclic amines) is 1. The van der Waals surface area contributed by atoms with Crippen molar-refractivity contribution in [1.29, 1.82) is 5.26 Å². The molecule has 1 aromatic carbocycles. The second-order valence-corrected chi connectivity index (χ2v) is 10.6. The predicted molar refractivity (Wildman–Crippen MR) is 105 cm³/mol. The predicted octanol–water partition coefficient (Wildman–Crippen LogP) is 1.65. The van der Waals surface area contributed by atoms with Crippen LogP contribution in [0.15, 0.2) is 35.2 Å². The fourth-order valence-electron chi connectivity index (χ4n) is 4.50. The van der Waals surface area contributed by atoms with Gasteiger partial charge in [-0.25, -0.2) is 8.42 Å². The second kappa shape index (κ2) is 7.45. The second-order valence-electron chi connectivity index (χ2n) is 8.38. The highest BCUT2D eigenvalue weighted by molar-refractivity contribution is 7.92. The first-order valence-electron chi connectivity index (χ1n) is 10.2. The van der Waals surface area contributed by atoms with Gasteiger partial charge in [0, 0.05) is 13.1 Å². The van der Waals surface area contributed by atoms with E-state index in [2.05, 4.69) is 11.4 Å². The minimum absolute atomic E-state index is 0.106. The van der Waals surface area contributed by atoms with Crippen LogP contribution < -0.4 is 5.32 Å². The summed E-state index contributed by atoms with van der Waals surface area (Å²) in [5.41, 5.74) is -0.839. The standard InChI is InChI=1S/C21H25N3O4S/c22-14-21(8-9-21)23-19(25)17-12-16(29(27,28)15-6-2-1-3-7-15)13-18(17)20(26)24-10-4-5-11-24/h1-3,6-7,16-18H,4-5,8-13H2,(H,23,25)/t16-,17-,18-/m1/s1. The molecule has 0 radical (unpaired) electrons. The highest BCUT2D eigenvalue weighted by Gasteiger charge is 2.52. The van der Waals surface area contributed by atoms with E-state index in [0.29, 0.717) is 25.9 Å². The Morgan fingerprint density at radius 2 is 1.69 bits per heavy atom. The molecule has 4 rings (SSSR count). The number of benzene rings is 1. The number of hydrogen-bond donors (Lipinski definition) is 1. The number of amides is 2. The van der Waals surface area contributed by atoms with Gasteiger partial charge in [0.25, 0.3) is 0 Å². The van der Waals surface area contributed by atoms with Crippen molar-refractivity contribution in [3.8, 4) is 6.07 Å². The number of nitrogens with zero attached hydrogens (tertiary/aromatic N) is 2. The first-order chi connectivity index (χ1) is 13.9. The number of carbonyl (C=O) groups excluding carboxylic acids is 2. The zero-order chi connectivity index (χ0) is 20.6. The van der Waals surface area contributed by atoms with Gasteiger partial charge in [0.05, 0.1) is 28.1 Å². The van der Waals surface area contributed by atoms with Crippen molar-refractivity contribution in [1.82, 2.24) is 10.2 Å². The number of nitriles is 1. The number of carbonyl (C=O) groups is 2. The topological polar surface area (TPSA) is 107 Å². The molecular formula is C21H25N3O4S. The molecular weight excluding hydrogens is 390 g/mol.